The summed E-state index contributed by atoms with van der Waals surface area (Å²) in [5.41, 5.74) is 1.89. The Labute approximate surface area is 178 Å². The molecule has 1 aliphatic rings. The van der Waals surface area contributed by atoms with Crippen molar-refractivity contribution < 1.29 is 4.74 Å². The van der Waals surface area contributed by atoms with E-state index < -0.39 is 0 Å². The van der Waals surface area contributed by atoms with E-state index in [1.165, 1.54) is 0 Å². The lowest BCUT2D eigenvalue weighted by Gasteiger charge is -2.15. The fourth-order valence-corrected chi connectivity index (χ4v) is 4.93. The van der Waals surface area contributed by atoms with E-state index in [0.717, 1.165) is 48.2 Å². The molecule has 2 aromatic heterocycles. The van der Waals surface area contributed by atoms with E-state index in [1.807, 2.05) is 42.1 Å². The molecule has 3 heterocycles. The zero-order valence-electron chi connectivity index (χ0n) is 15.5. The van der Waals surface area contributed by atoms with Gasteiger partial charge in [-0.3, -0.25) is 4.68 Å². The van der Waals surface area contributed by atoms with Gasteiger partial charge in [0.15, 0.2) is 11.0 Å². The lowest BCUT2D eigenvalue weighted by atomic mass is 10.2. The van der Waals surface area contributed by atoms with E-state index in [1.54, 1.807) is 11.8 Å². The summed E-state index contributed by atoms with van der Waals surface area (Å²) in [5, 5.41) is 15.5. The lowest BCUT2D eigenvalue weighted by Crippen LogP contribution is -2.19. The Kier molecular flexibility index (Phi) is 6.25. The summed E-state index contributed by atoms with van der Waals surface area (Å²) >= 11 is 14.2. The van der Waals surface area contributed by atoms with E-state index in [-0.39, 0.29) is 6.10 Å². The molecule has 0 bridgehead atoms. The molecule has 0 N–H and O–H groups in total. The molecule has 3 aromatic rings. The molecular formula is C19H21Cl2N5OS. The zero-order valence-corrected chi connectivity index (χ0v) is 17.8. The molecule has 6 nitrogen and oxygen atoms in total. The Hall–Kier alpha value is -1.54. The maximum Gasteiger partial charge on any atom is 0.191 e. The molecule has 0 saturated carbocycles. The van der Waals surface area contributed by atoms with Crippen LogP contribution >= 0.6 is 35.0 Å². The van der Waals surface area contributed by atoms with Crippen molar-refractivity contribution in [2.45, 2.75) is 49.9 Å². The largest absolute Gasteiger partial charge is 0.376 e. The van der Waals surface area contributed by atoms with Crippen molar-refractivity contribution in [2.75, 3.05) is 6.61 Å². The van der Waals surface area contributed by atoms with Crippen molar-refractivity contribution in [3.63, 3.8) is 0 Å². The number of aromatic nitrogens is 5. The highest BCUT2D eigenvalue weighted by atomic mass is 35.5. The van der Waals surface area contributed by atoms with Crippen LogP contribution in [0.4, 0.5) is 0 Å². The predicted octanol–water partition coefficient (Wildman–Crippen LogP) is 4.61. The Morgan fingerprint density at radius 2 is 2.04 bits per heavy atom. The van der Waals surface area contributed by atoms with Crippen LogP contribution in [0.1, 0.15) is 29.9 Å². The molecule has 1 fully saturated rings. The van der Waals surface area contributed by atoms with E-state index >= 15 is 0 Å². The van der Waals surface area contributed by atoms with Crippen LogP contribution in [0.3, 0.4) is 0 Å². The Morgan fingerprint density at radius 3 is 2.71 bits per heavy atom. The number of rotatable bonds is 7. The smallest absolute Gasteiger partial charge is 0.191 e. The van der Waals surface area contributed by atoms with Crippen LogP contribution in [0.5, 0.6) is 0 Å². The predicted molar refractivity (Wildman–Crippen MR) is 111 cm³/mol. The average molecular weight is 438 g/mol. The van der Waals surface area contributed by atoms with Crippen molar-refractivity contribution in [1.82, 2.24) is 24.5 Å². The van der Waals surface area contributed by atoms with Crippen molar-refractivity contribution in [2.24, 2.45) is 0 Å². The van der Waals surface area contributed by atoms with Gasteiger partial charge >= 0.3 is 0 Å². The molecule has 28 heavy (non-hydrogen) atoms. The summed E-state index contributed by atoms with van der Waals surface area (Å²) in [6.07, 6.45) is 4.30. The first kappa shape index (κ1) is 19.8. The van der Waals surface area contributed by atoms with E-state index in [0.29, 0.717) is 22.3 Å². The second kappa shape index (κ2) is 8.86. The van der Waals surface area contributed by atoms with Gasteiger partial charge in [0.1, 0.15) is 6.54 Å². The van der Waals surface area contributed by atoms with Gasteiger partial charge in [0.2, 0.25) is 0 Å². The number of thioether (sulfide) groups is 1. The van der Waals surface area contributed by atoms with Crippen molar-refractivity contribution in [3.8, 4) is 0 Å². The Balaban J connectivity index is 1.56. The molecule has 0 unspecified atom stereocenters. The molecular weight excluding hydrogens is 417 g/mol. The SMILES string of the molecule is Cc1ccn(Cc2nnc(SCc3c(Cl)cccc3Cl)n2C[C@H]2CCCO2)n1. The minimum absolute atomic E-state index is 0.192. The summed E-state index contributed by atoms with van der Waals surface area (Å²) < 4.78 is 9.86. The summed E-state index contributed by atoms with van der Waals surface area (Å²) in [7, 11) is 0. The molecule has 4 rings (SSSR count). The molecule has 148 valence electrons. The second-order valence-electron chi connectivity index (χ2n) is 6.79. The molecule has 0 amide bonds. The van der Waals surface area contributed by atoms with Gasteiger partial charge in [0.05, 0.1) is 18.3 Å². The van der Waals surface area contributed by atoms with Crippen LogP contribution in [0.15, 0.2) is 35.6 Å². The van der Waals surface area contributed by atoms with Gasteiger partial charge in [-0.25, -0.2) is 0 Å². The highest BCUT2D eigenvalue weighted by Crippen LogP contribution is 2.31. The van der Waals surface area contributed by atoms with Gasteiger partial charge in [0, 0.05) is 28.6 Å². The third kappa shape index (κ3) is 4.54. The first-order valence-electron chi connectivity index (χ1n) is 9.19. The van der Waals surface area contributed by atoms with Crippen LogP contribution in [-0.2, 0) is 23.6 Å². The normalized spacial score (nSPS) is 16.8. The number of ether oxygens (including phenoxy) is 1. The summed E-state index contributed by atoms with van der Waals surface area (Å²) in [4.78, 5) is 0. The number of hydrogen-bond acceptors (Lipinski definition) is 5. The van der Waals surface area contributed by atoms with Crippen molar-refractivity contribution in [1.29, 1.82) is 0 Å². The van der Waals surface area contributed by atoms with Gasteiger partial charge in [-0.1, -0.05) is 41.0 Å². The van der Waals surface area contributed by atoms with Gasteiger partial charge in [-0.2, -0.15) is 5.10 Å². The number of hydrogen-bond donors (Lipinski definition) is 0. The number of aryl methyl sites for hydroxylation is 1. The molecule has 0 spiro atoms. The van der Waals surface area contributed by atoms with Crippen molar-refractivity contribution >= 4 is 35.0 Å². The van der Waals surface area contributed by atoms with E-state index in [2.05, 4.69) is 19.9 Å². The Bertz CT molecular complexity index is 931. The molecule has 0 aliphatic carbocycles. The zero-order chi connectivity index (χ0) is 19.5. The van der Waals surface area contributed by atoms with Crippen LogP contribution in [-0.4, -0.2) is 37.3 Å². The minimum Gasteiger partial charge on any atom is -0.376 e. The number of nitrogens with zero attached hydrogens (tertiary/aromatic N) is 5. The number of halogens is 2. The fourth-order valence-electron chi connectivity index (χ4n) is 3.22. The highest BCUT2D eigenvalue weighted by molar-refractivity contribution is 7.98. The molecule has 1 atom stereocenters. The van der Waals surface area contributed by atoms with Crippen LogP contribution < -0.4 is 0 Å². The molecule has 1 aliphatic heterocycles. The third-order valence-corrected chi connectivity index (χ3v) is 6.39. The highest BCUT2D eigenvalue weighted by Gasteiger charge is 2.22. The van der Waals surface area contributed by atoms with E-state index in [9.17, 15) is 0 Å². The Morgan fingerprint density at radius 1 is 1.21 bits per heavy atom. The minimum atomic E-state index is 0.192. The molecule has 9 heteroatoms. The van der Waals surface area contributed by atoms with Gasteiger partial charge < -0.3 is 9.30 Å². The van der Waals surface area contributed by atoms with Crippen LogP contribution in [0, 0.1) is 6.92 Å². The first-order valence-corrected chi connectivity index (χ1v) is 10.9. The van der Waals surface area contributed by atoms with E-state index in [4.69, 9.17) is 27.9 Å². The molecule has 1 saturated heterocycles. The number of benzene rings is 1. The maximum absolute atomic E-state index is 6.32. The van der Waals surface area contributed by atoms with Crippen molar-refractivity contribution in [3.05, 3.63) is 57.6 Å². The summed E-state index contributed by atoms with van der Waals surface area (Å²) in [6, 6.07) is 7.54. The lowest BCUT2D eigenvalue weighted by molar-refractivity contribution is 0.0940. The standard InChI is InChI=1S/C19H21Cl2N5OS/c1-13-7-8-25(24-13)11-18-22-23-19(26(18)10-14-4-3-9-27-14)28-12-15-16(20)5-2-6-17(15)21/h2,5-8,14H,3-4,9-12H2,1H3/t14-/m1/s1. The fraction of sp³-hybridized carbons (Fsp3) is 0.421. The van der Waals surface area contributed by atoms with Gasteiger partial charge in [0.25, 0.3) is 0 Å². The van der Waals surface area contributed by atoms with Gasteiger partial charge in [-0.15, -0.1) is 10.2 Å². The topological polar surface area (TPSA) is 57.8 Å². The van der Waals surface area contributed by atoms with Crippen LogP contribution in [0.25, 0.3) is 0 Å². The van der Waals surface area contributed by atoms with Crippen LogP contribution in [0.2, 0.25) is 10.0 Å². The molecule has 0 radical (unpaired) electrons. The monoisotopic (exact) mass is 437 g/mol. The third-order valence-electron chi connectivity index (χ3n) is 4.69. The quantitative estimate of drug-likeness (QED) is 0.505. The second-order valence-corrected chi connectivity index (χ2v) is 8.54. The maximum atomic E-state index is 6.32. The summed E-state index contributed by atoms with van der Waals surface area (Å²) in [5.74, 6) is 1.50. The van der Waals surface area contributed by atoms with Gasteiger partial charge in [-0.05, 0) is 43.5 Å². The summed E-state index contributed by atoms with van der Waals surface area (Å²) in [6.45, 7) is 4.10. The molecule has 1 aromatic carbocycles. The first-order chi connectivity index (χ1) is 13.6. The average Bonchev–Trinajstić information content (AvgIpc) is 3.40.